The lowest BCUT2D eigenvalue weighted by Crippen LogP contribution is -2.22. The Kier molecular flexibility index (Phi) is 4.38. The summed E-state index contributed by atoms with van der Waals surface area (Å²) in [5.74, 6) is 0. The molecule has 0 aliphatic carbocycles. The minimum Gasteiger partial charge on any atom is -0.305 e. The van der Waals surface area contributed by atoms with Crippen LogP contribution in [0.1, 0.15) is 26.3 Å². The Morgan fingerprint density at radius 2 is 1.21 bits per heavy atom. The first kappa shape index (κ1) is 20.5. The minimum absolute atomic E-state index is 0.0991. The standard InChI is InChI=1S/C24H21N5O4/c1-24(2,3)14-12-19(27-17-10-6-4-8-15(17)25-22(27)30)21(29(32)33)20(13-14)28-18-11-7-5-9-16(18)26-23(28)31/h4-13H,1-3H3,(H,25,30)(H,26,31). The zero-order valence-corrected chi connectivity index (χ0v) is 18.2. The fourth-order valence-electron chi connectivity index (χ4n) is 4.15. The van der Waals surface area contributed by atoms with Crippen molar-refractivity contribution < 1.29 is 4.92 Å². The number of fused-ring (bicyclic) bond motifs is 2. The molecule has 9 heteroatoms. The Labute approximate surface area is 187 Å². The first-order chi connectivity index (χ1) is 15.7. The number of hydrogen-bond donors (Lipinski definition) is 2. The van der Waals surface area contributed by atoms with E-state index in [0.29, 0.717) is 22.1 Å². The van der Waals surface area contributed by atoms with E-state index in [4.69, 9.17) is 0 Å². The fourth-order valence-corrected chi connectivity index (χ4v) is 4.15. The maximum atomic E-state index is 13.0. The smallest absolute Gasteiger partial charge is 0.305 e. The van der Waals surface area contributed by atoms with E-state index < -0.39 is 21.7 Å². The summed E-state index contributed by atoms with van der Waals surface area (Å²) in [6.07, 6.45) is 0. The zero-order chi connectivity index (χ0) is 23.5. The normalized spacial score (nSPS) is 12.0. The van der Waals surface area contributed by atoms with Crippen molar-refractivity contribution in [3.05, 3.63) is 97.3 Å². The van der Waals surface area contributed by atoms with Crippen molar-refractivity contribution in [3.63, 3.8) is 0 Å². The highest BCUT2D eigenvalue weighted by atomic mass is 16.6. The number of nitrogens with zero attached hydrogens (tertiary/aromatic N) is 3. The van der Waals surface area contributed by atoms with E-state index in [1.54, 1.807) is 60.7 Å². The molecule has 5 rings (SSSR count). The van der Waals surface area contributed by atoms with Crippen molar-refractivity contribution >= 4 is 27.8 Å². The molecule has 0 aliphatic rings. The predicted molar refractivity (Wildman–Crippen MR) is 127 cm³/mol. The Bertz CT molecular complexity index is 1570. The number of imidazole rings is 2. The number of rotatable bonds is 3. The number of benzene rings is 3. The molecule has 33 heavy (non-hydrogen) atoms. The molecular weight excluding hydrogens is 422 g/mol. The van der Waals surface area contributed by atoms with Gasteiger partial charge in [-0.2, -0.15) is 0 Å². The molecule has 2 aromatic heterocycles. The molecule has 0 amide bonds. The van der Waals surface area contributed by atoms with E-state index in [2.05, 4.69) is 9.97 Å². The van der Waals surface area contributed by atoms with Gasteiger partial charge >= 0.3 is 17.1 Å². The Morgan fingerprint density at radius 3 is 1.61 bits per heavy atom. The number of H-pyrrole nitrogens is 2. The van der Waals surface area contributed by atoms with E-state index in [1.807, 2.05) is 20.8 Å². The van der Waals surface area contributed by atoms with Crippen LogP contribution in [0.2, 0.25) is 0 Å². The Balaban J connectivity index is 1.99. The average molecular weight is 443 g/mol. The van der Waals surface area contributed by atoms with Gasteiger partial charge in [0.25, 0.3) is 0 Å². The quantitative estimate of drug-likeness (QED) is 0.321. The molecule has 0 unspecified atom stereocenters. The molecule has 166 valence electrons. The number of nitro groups is 1. The highest BCUT2D eigenvalue weighted by molar-refractivity contribution is 5.83. The number of aromatic amines is 2. The van der Waals surface area contributed by atoms with Crippen molar-refractivity contribution in [2.24, 2.45) is 0 Å². The molecule has 5 aromatic rings. The van der Waals surface area contributed by atoms with Crippen molar-refractivity contribution in [1.29, 1.82) is 0 Å². The van der Waals surface area contributed by atoms with Gasteiger partial charge in [0.05, 0.1) is 27.0 Å². The molecule has 0 radical (unpaired) electrons. The summed E-state index contributed by atoms with van der Waals surface area (Å²) < 4.78 is 2.60. The first-order valence-corrected chi connectivity index (χ1v) is 10.4. The molecule has 0 fully saturated rings. The van der Waals surface area contributed by atoms with Gasteiger partial charge in [0.2, 0.25) is 0 Å². The summed E-state index contributed by atoms with van der Waals surface area (Å²) in [6, 6.07) is 17.3. The lowest BCUT2D eigenvalue weighted by Gasteiger charge is -2.22. The van der Waals surface area contributed by atoms with Gasteiger partial charge in [-0.3, -0.25) is 19.2 Å². The van der Waals surface area contributed by atoms with Gasteiger partial charge < -0.3 is 9.97 Å². The summed E-state index contributed by atoms with van der Waals surface area (Å²) in [7, 11) is 0. The van der Waals surface area contributed by atoms with E-state index >= 15 is 0 Å². The molecule has 9 nitrogen and oxygen atoms in total. The molecule has 2 heterocycles. The molecule has 0 atom stereocenters. The summed E-state index contributed by atoms with van der Waals surface area (Å²) in [6.45, 7) is 5.91. The van der Waals surface area contributed by atoms with Crippen LogP contribution < -0.4 is 11.4 Å². The van der Waals surface area contributed by atoms with Gasteiger partial charge in [-0.1, -0.05) is 45.0 Å². The fraction of sp³-hybridized carbons (Fsp3) is 0.167. The van der Waals surface area contributed by atoms with Crippen molar-refractivity contribution in [3.8, 4) is 11.4 Å². The van der Waals surface area contributed by atoms with Crippen molar-refractivity contribution in [2.45, 2.75) is 26.2 Å². The minimum atomic E-state index is -0.542. The molecule has 0 saturated heterocycles. The van der Waals surface area contributed by atoms with Crippen LogP contribution in [0.25, 0.3) is 33.4 Å². The highest BCUT2D eigenvalue weighted by Crippen LogP contribution is 2.37. The van der Waals surface area contributed by atoms with Crippen LogP contribution in [0.5, 0.6) is 0 Å². The third-order valence-electron chi connectivity index (χ3n) is 5.78. The summed E-state index contributed by atoms with van der Waals surface area (Å²) >= 11 is 0. The zero-order valence-electron chi connectivity index (χ0n) is 18.2. The van der Waals surface area contributed by atoms with Gasteiger partial charge in [-0.05, 0) is 47.4 Å². The topological polar surface area (TPSA) is 119 Å². The summed E-state index contributed by atoms with van der Waals surface area (Å²) in [5, 5.41) is 12.4. The van der Waals surface area contributed by atoms with Crippen LogP contribution in [0.3, 0.4) is 0 Å². The number of nitro benzene ring substituents is 1. The van der Waals surface area contributed by atoms with Gasteiger partial charge in [-0.15, -0.1) is 0 Å². The second kappa shape index (κ2) is 7.06. The molecule has 0 saturated carbocycles. The van der Waals surface area contributed by atoms with E-state index in [1.165, 1.54) is 9.13 Å². The number of aromatic nitrogens is 4. The number of nitrogens with one attached hydrogen (secondary N) is 2. The largest absolute Gasteiger partial charge is 0.331 e. The third-order valence-corrected chi connectivity index (χ3v) is 5.78. The van der Waals surface area contributed by atoms with Crippen LogP contribution in [-0.2, 0) is 5.41 Å². The van der Waals surface area contributed by atoms with Crippen LogP contribution in [0.4, 0.5) is 5.69 Å². The molecule has 0 bridgehead atoms. The van der Waals surface area contributed by atoms with E-state index in [0.717, 1.165) is 5.56 Å². The lowest BCUT2D eigenvalue weighted by atomic mass is 9.86. The van der Waals surface area contributed by atoms with Gasteiger partial charge in [0.1, 0.15) is 11.4 Å². The highest BCUT2D eigenvalue weighted by Gasteiger charge is 2.30. The third kappa shape index (κ3) is 3.16. The van der Waals surface area contributed by atoms with Crippen molar-refractivity contribution in [2.75, 3.05) is 0 Å². The van der Waals surface area contributed by atoms with Crippen molar-refractivity contribution in [1.82, 2.24) is 19.1 Å². The van der Waals surface area contributed by atoms with E-state index in [-0.39, 0.29) is 17.1 Å². The van der Waals surface area contributed by atoms with Gasteiger partial charge in [-0.25, -0.2) is 9.59 Å². The Morgan fingerprint density at radius 1 is 0.788 bits per heavy atom. The molecule has 0 spiro atoms. The molecule has 0 aliphatic heterocycles. The van der Waals surface area contributed by atoms with Gasteiger partial charge in [0, 0.05) is 0 Å². The Hall–Kier alpha value is -4.40. The monoisotopic (exact) mass is 443 g/mol. The second-order valence-electron chi connectivity index (χ2n) is 8.94. The van der Waals surface area contributed by atoms with Crippen LogP contribution >= 0.6 is 0 Å². The maximum absolute atomic E-state index is 13.0. The van der Waals surface area contributed by atoms with Gasteiger partial charge in [0.15, 0.2) is 0 Å². The predicted octanol–water partition coefficient (Wildman–Crippen LogP) is 4.16. The summed E-state index contributed by atoms with van der Waals surface area (Å²) in [4.78, 5) is 43.3. The number of para-hydroxylation sites is 4. The maximum Gasteiger partial charge on any atom is 0.331 e. The molecule has 3 aromatic carbocycles. The molecular formula is C24H21N5O4. The second-order valence-corrected chi connectivity index (χ2v) is 8.94. The summed E-state index contributed by atoms with van der Waals surface area (Å²) in [5.41, 5.74) is 1.34. The van der Waals surface area contributed by atoms with Crippen LogP contribution in [0.15, 0.2) is 70.3 Å². The van der Waals surface area contributed by atoms with Crippen LogP contribution in [-0.4, -0.2) is 24.0 Å². The van der Waals surface area contributed by atoms with Crippen LogP contribution in [0, 0.1) is 10.1 Å². The van der Waals surface area contributed by atoms with E-state index in [9.17, 15) is 19.7 Å². The SMILES string of the molecule is CC(C)(C)c1cc(-n2c(=O)[nH]c3ccccc32)c([N+](=O)[O-])c(-n2c(=O)[nH]c3ccccc32)c1. The first-order valence-electron chi connectivity index (χ1n) is 10.4. The number of hydrogen-bond acceptors (Lipinski definition) is 4. The molecule has 2 N–H and O–H groups in total. The average Bonchev–Trinajstić information content (AvgIpc) is 3.26. The lowest BCUT2D eigenvalue weighted by molar-refractivity contribution is -0.384.